The average Bonchev–Trinajstić information content (AvgIpc) is 1.97. The summed E-state index contributed by atoms with van der Waals surface area (Å²) in [6, 6.07) is -0.200. The molecular formula is C7H3F6N. The van der Waals surface area contributed by atoms with Crippen LogP contribution in [0.3, 0.4) is 0 Å². The van der Waals surface area contributed by atoms with Crippen LogP contribution < -0.4 is 5.73 Å². The third-order valence-corrected chi connectivity index (χ3v) is 1.49. The van der Waals surface area contributed by atoms with E-state index in [0.717, 1.165) is 0 Å². The first-order valence-corrected chi connectivity index (χ1v) is 3.25. The van der Waals surface area contributed by atoms with Crippen LogP contribution in [0.15, 0.2) is 6.07 Å². The van der Waals surface area contributed by atoms with Gasteiger partial charge >= 0.3 is 6.18 Å². The lowest BCUT2D eigenvalue weighted by atomic mass is 10.1. The summed E-state index contributed by atoms with van der Waals surface area (Å²) in [6.07, 6.45) is -5.15. The number of nitrogens with two attached hydrogens (primary N) is 1. The van der Waals surface area contributed by atoms with Gasteiger partial charge in [0.1, 0.15) is 11.4 Å². The SMILES string of the molecule is Nc1c(F)c(F)cc(F)c1C(F)(F)F. The molecule has 0 aliphatic carbocycles. The zero-order valence-corrected chi connectivity index (χ0v) is 6.42. The van der Waals surface area contributed by atoms with Crippen molar-refractivity contribution in [2.24, 2.45) is 0 Å². The maximum atomic E-state index is 12.6. The van der Waals surface area contributed by atoms with Crippen LogP contribution >= 0.6 is 0 Å². The second kappa shape index (κ2) is 3.07. The molecule has 1 aromatic rings. The van der Waals surface area contributed by atoms with Crippen LogP contribution in [-0.4, -0.2) is 0 Å². The second-order valence-corrected chi connectivity index (χ2v) is 2.44. The highest BCUT2D eigenvalue weighted by molar-refractivity contribution is 5.50. The average molecular weight is 215 g/mol. The lowest BCUT2D eigenvalue weighted by Gasteiger charge is -2.11. The predicted octanol–water partition coefficient (Wildman–Crippen LogP) is 2.70. The van der Waals surface area contributed by atoms with Crippen molar-refractivity contribution in [3.63, 3.8) is 0 Å². The summed E-state index contributed by atoms with van der Waals surface area (Å²) in [7, 11) is 0. The minimum Gasteiger partial charge on any atom is -0.396 e. The van der Waals surface area contributed by atoms with E-state index < -0.39 is 34.9 Å². The lowest BCUT2D eigenvalue weighted by Crippen LogP contribution is -2.14. The van der Waals surface area contributed by atoms with Gasteiger partial charge in [0, 0.05) is 6.07 Å². The third kappa shape index (κ3) is 1.61. The number of hydrogen-bond donors (Lipinski definition) is 1. The molecule has 0 unspecified atom stereocenters. The molecule has 0 spiro atoms. The first-order valence-electron chi connectivity index (χ1n) is 3.25. The van der Waals surface area contributed by atoms with E-state index in [1.54, 1.807) is 0 Å². The van der Waals surface area contributed by atoms with Crippen molar-refractivity contribution in [2.75, 3.05) is 5.73 Å². The Labute approximate surface area is 74.1 Å². The minimum atomic E-state index is -5.15. The second-order valence-electron chi connectivity index (χ2n) is 2.44. The van der Waals surface area contributed by atoms with Crippen molar-refractivity contribution in [1.82, 2.24) is 0 Å². The number of anilines is 1. The van der Waals surface area contributed by atoms with Gasteiger partial charge in [-0.1, -0.05) is 0 Å². The van der Waals surface area contributed by atoms with Gasteiger partial charge in [-0.25, -0.2) is 13.2 Å². The van der Waals surface area contributed by atoms with E-state index in [2.05, 4.69) is 5.73 Å². The molecule has 0 bridgehead atoms. The number of hydrogen-bond acceptors (Lipinski definition) is 1. The molecule has 2 N–H and O–H groups in total. The molecule has 1 aromatic carbocycles. The lowest BCUT2D eigenvalue weighted by molar-refractivity contribution is -0.139. The summed E-state index contributed by atoms with van der Waals surface area (Å²) in [4.78, 5) is 0. The topological polar surface area (TPSA) is 26.0 Å². The zero-order valence-electron chi connectivity index (χ0n) is 6.42. The van der Waals surface area contributed by atoms with Gasteiger partial charge in [0.05, 0.1) is 5.69 Å². The fraction of sp³-hybridized carbons (Fsp3) is 0.143. The highest BCUT2D eigenvalue weighted by Gasteiger charge is 2.38. The van der Waals surface area contributed by atoms with E-state index in [1.165, 1.54) is 0 Å². The highest BCUT2D eigenvalue weighted by Crippen LogP contribution is 2.37. The molecule has 0 fully saturated rings. The summed E-state index contributed by atoms with van der Waals surface area (Å²) in [5.74, 6) is -5.60. The van der Waals surface area contributed by atoms with E-state index >= 15 is 0 Å². The fourth-order valence-electron chi connectivity index (χ4n) is 0.902. The predicted molar refractivity (Wildman–Crippen MR) is 35.7 cm³/mol. The first kappa shape index (κ1) is 10.7. The number of alkyl halides is 3. The number of benzene rings is 1. The molecule has 14 heavy (non-hydrogen) atoms. The summed E-state index contributed by atoms with van der Waals surface area (Å²) < 4.78 is 73.5. The maximum Gasteiger partial charge on any atom is 0.421 e. The van der Waals surface area contributed by atoms with Crippen LogP contribution in [0.25, 0.3) is 0 Å². The minimum absolute atomic E-state index is 0.200. The fourth-order valence-corrected chi connectivity index (χ4v) is 0.902. The summed E-state index contributed by atoms with van der Waals surface area (Å²) in [5.41, 5.74) is 1.03. The largest absolute Gasteiger partial charge is 0.421 e. The van der Waals surface area contributed by atoms with E-state index in [4.69, 9.17) is 0 Å². The number of nitrogen functional groups attached to an aromatic ring is 1. The molecular weight excluding hydrogens is 212 g/mol. The highest BCUT2D eigenvalue weighted by atomic mass is 19.4. The van der Waals surface area contributed by atoms with Crippen LogP contribution in [0.5, 0.6) is 0 Å². The Kier molecular flexibility index (Phi) is 2.34. The normalized spacial score (nSPS) is 11.9. The summed E-state index contributed by atoms with van der Waals surface area (Å²) >= 11 is 0. The van der Waals surface area contributed by atoms with Gasteiger partial charge in [-0.3, -0.25) is 0 Å². The van der Waals surface area contributed by atoms with Crippen LogP contribution in [0, 0.1) is 17.5 Å². The van der Waals surface area contributed by atoms with Gasteiger partial charge in [-0.2, -0.15) is 13.2 Å². The third-order valence-electron chi connectivity index (χ3n) is 1.49. The van der Waals surface area contributed by atoms with Gasteiger partial charge in [-0.05, 0) is 0 Å². The Bertz CT molecular complexity index is 369. The van der Waals surface area contributed by atoms with E-state index in [1.807, 2.05) is 0 Å². The molecule has 0 amide bonds. The van der Waals surface area contributed by atoms with Crippen LogP contribution in [0.4, 0.5) is 32.0 Å². The Balaban J connectivity index is 3.53. The van der Waals surface area contributed by atoms with Gasteiger partial charge in [0.2, 0.25) is 0 Å². The van der Waals surface area contributed by atoms with Crippen LogP contribution in [-0.2, 0) is 6.18 Å². The Morgan fingerprint density at radius 2 is 1.50 bits per heavy atom. The first-order chi connectivity index (χ1) is 6.25. The summed E-state index contributed by atoms with van der Waals surface area (Å²) in [5, 5.41) is 0. The molecule has 0 saturated carbocycles. The van der Waals surface area contributed by atoms with Gasteiger partial charge < -0.3 is 5.73 Å². The van der Waals surface area contributed by atoms with Crippen molar-refractivity contribution in [3.05, 3.63) is 29.1 Å². The number of halogens is 6. The Morgan fingerprint density at radius 1 is 1.00 bits per heavy atom. The number of rotatable bonds is 0. The van der Waals surface area contributed by atoms with Gasteiger partial charge in [0.15, 0.2) is 11.6 Å². The van der Waals surface area contributed by atoms with E-state index in [0.29, 0.717) is 0 Å². The molecule has 1 nitrogen and oxygen atoms in total. The smallest absolute Gasteiger partial charge is 0.396 e. The molecule has 0 heterocycles. The van der Waals surface area contributed by atoms with Crippen LogP contribution in [0.1, 0.15) is 5.56 Å². The van der Waals surface area contributed by atoms with Crippen LogP contribution in [0.2, 0.25) is 0 Å². The molecule has 1 rings (SSSR count). The molecule has 0 aliphatic rings. The van der Waals surface area contributed by atoms with Crippen molar-refractivity contribution in [3.8, 4) is 0 Å². The zero-order chi connectivity index (χ0) is 11.1. The van der Waals surface area contributed by atoms with Crippen molar-refractivity contribution in [1.29, 1.82) is 0 Å². The van der Waals surface area contributed by atoms with Crippen molar-refractivity contribution >= 4 is 5.69 Å². The Morgan fingerprint density at radius 3 is 1.93 bits per heavy atom. The molecule has 0 atom stereocenters. The molecule has 0 saturated heterocycles. The Hall–Kier alpha value is -1.40. The molecule has 0 aliphatic heterocycles. The maximum absolute atomic E-state index is 12.6. The molecule has 78 valence electrons. The quantitative estimate of drug-likeness (QED) is 0.402. The summed E-state index contributed by atoms with van der Waals surface area (Å²) in [6.45, 7) is 0. The molecule has 0 radical (unpaired) electrons. The monoisotopic (exact) mass is 215 g/mol. The molecule has 7 heteroatoms. The van der Waals surface area contributed by atoms with Gasteiger partial charge in [-0.15, -0.1) is 0 Å². The molecule has 0 aromatic heterocycles. The van der Waals surface area contributed by atoms with Crippen molar-refractivity contribution < 1.29 is 26.3 Å². The van der Waals surface area contributed by atoms with E-state index in [9.17, 15) is 26.3 Å². The van der Waals surface area contributed by atoms with Crippen molar-refractivity contribution in [2.45, 2.75) is 6.18 Å². The van der Waals surface area contributed by atoms with E-state index in [-0.39, 0.29) is 6.07 Å². The van der Waals surface area contributed by atoms with Gasteiger partial charge in [0.25, 0.3) is 0 Å². The standard InChI is InChI=1S/C7H3F6N/c8-2-1-3(9)5(10)6(14)4(2)7(11,12)13/h1H,14H2.